The maximum Gasteiger partial charge on any atom is 0.341 e. The molecular weight excluding hydrogens is 351 g/mol. The largest absolute Gasteiger partial charge is 0.488 e. The maximum atomic E-state index is 13.6. The normalized spacial score (nSPS) is 10.3. The van der Waals surface area contributed by atoms with Gasteiger partial charge in [0.05, 0.1) is 5.02 Å². The monoisotopic (exact) mass is 358 g/mol. The van der Waals surface area contributed by atoms with Crippen molar-refractivity contribution in [1.82, 2.24) is 0 Å². The number of carboxylic acid groups (broad SMARTS) is 1. The summed E-state index contributed by atoms with van der Waals surface area (Å²) in [5.41, 5.74) is 0.181. The van der Waals surface area contributed by atoms with Crippen molar-refractivity contribution in [3.05, 3.63) is 62.8 Å². The van der Waals surface area contributed by atoms with Crippen molar-refractivity contribution in [2.24, 2.45) is 0 Å². The number of carboxylic acids is 1. The van der Waals surface area contributed by atoms with E-state index in [1.165, 1.54) is 18.2 Å². The maximum absolute atomic E-state index is 13.6. The van der Waals surface area contributed by atoms with Gasteiger partial charge in [0.15, 0.2) is 0 Å². The Bertz CT molecular complexity index is 661. The van der Waals surface area contributed by atoms with Gasteiger partial charge in [-0.15, -0.1) is 0 Å². The van der Waals surface area contributed by atoms with E-state index in [4.69, 9.17) is 21.4 Å². The summed E-state index contributed by atoms with van der Waals surface area (Å²) in [5.74, 6) is -1.52. The molecule has 0 saturated heterocycles. The van der Waals surface area contributed by atoms with Gasteiger partial charge in [0.1, 0.15) is 23.7 Å². The fourth-order valence-electron chi connectivity index (χ4n) is 1.64. The van der Waals surface area contributed by atoms with Crippen LogP contribution in [0.3, 0.4) is 0 Å². The molecule has 0 aliphatic rings. The van der Waals surface area contributed by atoms with E-state index in [0.29, 0.717) is 10.0 Å². The Balaban J connectivity index is 2.25. The molecule has 3 nitrogen and oxygen atoms in total. The molecule has 2 aromatic carbocycles. The van der Waals surface area contributed by atoms with Crippen LogP contribution in [0.4, 0.5) is 4.39 Å². The second-order valence-electron chi connectivity index (χ2n) is 3.94. The van der Waals surface area contributed by atoms with Crippen LogP contribution in [0.2, 0.25) is 5.02 Å². The van der Waals surface area contributed by atoms with E-state index in [-0.39, 0.29) is 22.9 Å². The van der Waals surface area contributed by atoms with Crippen LogP contribution in [0.15, 0.2) is 40.9 Å². The number of rotatable bonds is 4. The van der Waals surface area contributed by atoms with Gasteiger partial charge in [-0.2, -0.15) is 0 Å². The molecule has 0 amide bonds. The van der Waals surface area contributed by atoms with Gasteiger partial charge in [0, 0.05) is 10.0 Å². The number of carbonyl (C=O) groups is 1. The van der Waals surface area contributed by atoms with Crippen molar-refractivity contribution >= 4 is 33.5 Å². The summed E-state index contributed by atoms with van der Waals surface area (Å²) in [6.07, 6.45) is 0. The molecule has 104 valence electrons. The second kappa shape index (κ2) is 6.24. The molecular formula is C14H9BrClFO3. The van der Waals surface area contributed by atoms with Crippen molar-refractivity contribution in [3.8, 4) is 5.75 Å². The van der Waals surface area contributed by atoms with Crippen molar-refractivity contribution in [2.75, 3.05) is 0 Å². The SMILES string of the molecule is O=C(O)c1c(Cl)cccc1OCc1cc(Br)ccc1F. The predicted octanol–water partition coefficient (Wildman–Crippen LogP) is 4.52. The minimum absolute atomic E-state index is 0.0738. The number of hydrogen-bond donors (Lipinski definition) is 1. The quantitative estimate of drug-likeness (QED) is 0.873. The average molecular weight is 360 g/mol. The van der Waals surface area contributed by atoms with Gasteiger partial charge in [-0.25, -0.2) is 9.18 Å². The lowest BCUT2D eigenvalue weighted by molar-refractivity contribution is 0.0692. The van der Waals surface area contributed by atoms with E-state index in [1.807, 2.05) is 0 Å². The molecule has 0 aromatic heterocycles. The van der Waals surface area contributed by atoms with E-state index in [9.17, 15) is 9.18 Å². The Hall–Kier alpha value is -1.59. The van der Waals surface area contributed by atoms with Gasteiger partial charge < -0.3 is 9.84 Å². The predicted molar refractivity (Wildman–Crippen MR) is 76.8 cm³/mol. The van der Waals surface area contributed by atoms with Gasteiger partial charge >= 0.3 is 5.97 Å². The van der Waals surface area contributed by atoms with Gasteiger partial charge in [-0.3, -0.25) is 0 Å². The Morgan fingerprint density at radius 3 is 2.80 bits per heavy atom. The summed E-state index contributed by atoms with van der Waals surface area (Å²) in [5, 5.41) is 9.17. The van der Waals surface area contributed by atoms with Gasteiger partial charge in [-0.05, 0) is 30.3 Å². The zero-order valence-corrected chi connectivity index (χ0v) is 12.4. The first kappa shape index (κ1) is 14.8. The lowest BCUT2D eigenvalue weighted by atomic mass is 10.2. The molecule has 0 unspecified atom stereocenters. The molecule has 2 rings (SSSR count). The molecule has 20 heavy (non-hydrogen) atoms. The fourth-order valence-corrected chi connectivity index (χ4v) is 2.30. The summed E-state index contributed by atoms with van der Waals surface area (Å²) in [4.78, 5) is 11.1. The van der Waals surface area contributed by atoms with Gasteiger partial charge in [0.2, 0.25) is 0 Å². The molecule has 0 aliphatic carbocycles. The molecule has 0 atom stereocenters. The lowest BCUT2D eigenvalue weighted by Gasteiger charge is -2.11. The van der Waals surface area contributed by atoms with Crippen LogP contribution in [-0.4, -0.2) is 11.1 Å². The minimum atomic E-state index is -1.19. The highest BCUT2D eigenvalue weighted by Gasteiger charge is 2.16. The van der Waals surface area contributed by atoms with Crippen LogP contribution >= 0.6 is 27.5 Å². The molecule has 0 heterocycles. The van der Waals surface area contributed by atoms with Crippen LogP contribution in [-0.2, 0) is 6.61 Å². The van der Waals surface area contributed by atoms with Crippen molar-refractivity contribution in [2.45, 2.75) is 6.61 Å². The molecule has 0 radical (unpaired) electrons. The van der Waals surface area contributed by atoms with Crippen molar-refractivity contribution < 1.29 is 19.0 Å². The molecule has 0 fully saturated rings. The zero-order chi connectivity index (χ0) is 14.7. The van der Waals surface area contributed by atoms with E-state index in [2.05, 4.69) is 15.9 Å². The highest BCUT2D eigenvalue weighted by atomic mass is 79.9. The first-order valence-corrected chi connectivity index (χ1v) is 6.74. The number of benzene rings is 2. The third kappa shape index (κ3) is 3.29. The molecule has 6 heteroatoms. The molecule has 0 spiro atoms. The van der Waals surface area contributed by atoms with E-state index in [1.54, 1.807) is 18.2 Å². The standard InChI is InChI=1S/C14H9BrClFO3/c15-9-4-5-11(17)8(6-9)7-20-12-3-1-2-10(16)13(12)14(18)19/h1-6H,7H2,(H,18,19). The first-order chi connectivity index (χ1) is 9.49. The van der Waals surface area contributed by atoms with Crippen molar-refractivity contribution in [1.29, 1.82) is 0 Å². The summed E-state index contributed by atoms with van der Waals surface area (Å²) < 4.78 is 19.7. The fraction of sp³-hybridized carbons (Fsp3) is 0.0714. The third-order valence-corrected chi connectivity index (χ3v) is 3.39. The lowest BCUT2D eigenvalue weighted by Crippen LogP contribution is -2.05. The topological polar surface area (TPSA) is 46.5 Å². The van der Waals surface area contributed by atoms with Gasteiger partial charge in [0.25, 0.3) is 0 Å². The van der Waals surface area contributed by atoms with Gasteiger partial charge in [-0.1, -0.05) is 33.6 Å². The summed E-state index contributed by atoms with van der Waals surface area (Å²) in [7, 11) is 0. The minimum Gasteiger partial charge on any atom is -0.488 e. The smallest absolute Gasteiger partial charge is 0.341 e. The van der Waals surface area contributed by atoms with E-state index in [0.717, 1.165) is 0 Å². The number of ether oxygens (including phenoxy) is 1. The Morgan fingerprint density at radius 1 is 1.35 bits per heavy atom. The number of halogens is 3. The molecule has 0 saturated carbocycles. The van der Waals surface area contributed by atoms with Crippen LogP contribution in [0.1, 0.15) is 15.9 Å². The molecule has 2 aromatic rings. The zero-order valence-electron chi connectivity index (χ0n) is 10.1. The van der Waals surface area contributed by atoms with E-state index < -0.39 is 11.8 Å². The van der Waals surface area contributed by atoms with Crippen LogP contribution in [0, 0.1) is 5.82 Å². The Kier molecular flexibility index (Phi) is 4.62. The summed E-state index contributed by atoms with van der Waals surface area (Å²) in [6.45, 7) is -0.0914. The molecule has 0 aliphatic heterocycles. The van der Waals surface area contributed by atoms with Crippen LogP contribution < -0.4 is 4.74 Å². The third-order valence-electron chi connectivity index (χ3n) is 2.58. The first-order valence-electron chi connectivity index (χ1n) is 5.57. The second-order valence-corrected chi connectivity index (χ2v) is 5.27. The Morgan fingerprint density at radius 2 is 2.10 bits per heavy atom. The number of hydrogen-bond acceptors (Lipinski definition) is 2. The Labute approximate surface area is 128 Å². The van der Waals surface area contributed by atoms with Crippen LogP contribution in [0.25, 0.3) is 0 Å². The summed E-state index contributed by atoms with van der Waals surface area (Å²) >= 11 is 9.05. The van der Waals surface area contributed by atoms with Crippen molar-refractivity contribution in [3.63, 3.8) is 0 Å². The highest BCUT2D eigenvalue weighted by Crippen LogP contribution is 2.27. The van der Waals surface area contributed by atoms with Crippen LogP contribution in [0.5, 0.6) is 5.75 Å². The number of aromatic carboxylic acids is 1. The highest BCUT2D eigenvalue weighted by molar-refractivity contribution is 9.10. The summed E-state index contributed by atoms with van der Waals surface area (Å²) in [6, 6.07) is 8.95. The average Bonchev–Trinajstić information content (AvgIpc) is 2.39. The molecule has 1 N–H and O–H groups in total. The van der Waals surface area contributed by atoms with E-state index >= 15 is 0 Å². The molecule has 0 bridgehead atoms.